The van der Waals surface area contributed by atoms with Gasteiger partial charge in [0.15, 0.2) is 0 Å². The maximum atomic E-state index is 6.51. The molecule has 0 aliphatic carbocycles. The Morgan fingerprint density at radius 2 is 2.20 bits per heavy atom. The van der Waals surface area contributed by atoms with Crippen LogP contribution in [0.2, 0.25) is 0 Å². The summed E-state index contributed by atoms with van der Waals surface area (Å²) in [6.45, 7) is 6.51. The van der Waals surface area contributed by atoms with Crippen molar-refractivity contribution in [2.75, 3.05) is 11.5 Å². The van der Waals surface area contributed by atoms with Crippen LogP contribution in [0.3, 0.4) is 0 Å². The molecule has 0 radical (unpaired) electrons. The average molecular weight is 135 g/mol. The third kappa shape index (κ3) is 0.951. The molecule has 0 aromatic carbocycles. The van der Waals surface area contributed by atoms with Crippen LogP contribution in [-0.4, -0.2) is 9.97 Å². The summed E-state index contributed by atoms with van der Waals surface area (Å²) in [5, 5.41) is 0. The molecule has 0 amide bonds. The van der Waals surface area contributed by atoms with E-state index in [0.29, 0.717) is 5.69 Å². The fourth-order valence-corrected chi connectivity index (χ4v) is 0.448. The van der Waals surface area contributed by atoms with Gasteiger partial charge in [0.2, 0.25) is 5.82 Å². The minimum atomic E-state index is 0.0201. The van der Waals surface area contributed by atoms with E-state index in [1.165, 1.54) is 6.20 Å². The molecule has 0 saturated heterocycles. The number of nitrogens with two attached hydrogens (primary N) is 2. The first kappa shape index (κ1) is 6.29. The minimum Gasteiger partial charge on any atom is -0.394 e. The number of nitrogens with zero attached hydrogens (tertiary/aromatic N) is 3. The standard InChI is InChI=1S/C5H5N5/c1-8-5-9-2-3(6)4(7)10-5/h2H,6H2,(H2,7,9,10). The molecule has 0 fully saturated rings. The largest absolute Gasteiger partial charge is 0.394 e. The predicted octanol–water partition coefficient (Wildman–Crippen LogP) is 0.192. The maximum Gasteiger partial charge on any atom is 0.373 e. The normalized spacial score (nSPS) is 8.70. The van der Waals surface area contributed by atoms with Crippen molar-refractivity contribution in [3.05, 3.63) is 17.6 Å². The second-order valence-electron chi connectivity index (χ2n) is 1.62. The van der Waals surface area contributed by atoms with E-state index < -0.39 is 0 Å². The zero-order valence-corrected chi connectivity index (χ0v) is 5.07. The lowest BCUT2D eigenvalue weighted by molar-refractivity contribution is 1.22. The Bertz CT molecular complexity index is 287. The van der Waals surface area contributed by atoms with Crippen LogP contribution in [0.1, 0.15) is 0 Å². The van der Waals surface area contributed by atoms with E-state index in [-0.39, 0.29) is 11.8 Å². The van der Waals surface area contributed by atoms with Crippen LogP contribution in [0.15, 0.2) is 6.20 Å². The molecule has 0 unspecified atom stereocenters. The number of anilines is 2. The van der Waals surface area contributed by atoms with E-state index in [1.54, 1.807) is 0 Å². The quantitative estimate of drug-likeness (QED) is 0.497. The highest BCUT2D eigenvalue weighted by molar-refractivity contribution is 5.58. The molecular formula is C5H5N5. The van der Waals surface area contributed by atoms with Gasteiger partial charge < -0.3 is 16.3 Å². The summed E-state index contributed by atoms with van der Waals surface area (Å²) in [4.78, 5) is 10.1. The highest BCUT2D eigenvalue weighted by Gasteiger charge is 2.00. The highest BCUT2D eigenvalue weighted by Crippen LogP contribution is 2.12. The number of hydrogen-bond acceptors (Lipinski definition) is 4. The van der Waals surface area contributed by atoms with Crippen molar-refractivity contribution < 1.29 is 0 Å². The topological polar surface area (TPSA) is 82.2 Å². The van der Waals surface area contributed by atoms with Crippen molar-refractivity contribution in [1.82, 2.24) is 9.97 Å². The van der Waals surface area contributed by atoms with Crippen molar-refractivity contribution in [2.45, 2.75) is 0 Å². The Labute approximate surface area is 57.5 Å². The molecule has 1 aromatic heterocycles. The molecule has 5 heteroatoms. The van der Waals surface area contributed by atoms with Gasteiger partial charge in [-0.2, -0.15) is 4.98 Å². The van der Waals surface area contributed by atoms with Gasteiger partial charge in [-0.25, -0.2) is 0 Å². The number of hydrogen-bond donors (Lipinski definition) is 2. The molecule has 0 spiro atoms. The van der Waals surface area contributed by atoms with Crippen LogP contribution in [0.25, 0.3) is 4.85 Å². The summed E-state index contributed by atoms with van der Waals surface area (Å²) < 4.78 is 0. The number of rotatable bonds is 0. The van der Waals surface area contributed by atoms with Crippen LogP contribution in [0.5, 0.6) is 0 Å². The summed E-state index contributed by atoms with van der Waals surface area (Å²) >= 11 is 0. The van der Waals surface area contributed by atoms with Gasteiger partial charge in [0.1, 0.15) is 11.9 Å². The van der Waals surface area contributed by atoms with E-state index in [0.717, 1.165) is 0 Å². The van der Waals surface area contributed by atoms with Crippen LogP contribution in [0, 0.1) is 6.57 Å². The molecule has 50 valence electrons. The zero-order valence-electron chi connectivity index (χ0n) is 5.07. The Balaban J connectivity index is 3.20. The first-order valence-corrected chi connectivity index (χ1v) is 2.49. The molecule has 0 atom stereocenters. The van der Waals surface area contributed by atoms with Gasteiger partial charge in [0, 0.05) is 0 Å². The van der Waals surface area contributed by atoms with Crippen molar-refractivity contribution in [2.24, 2.45) is 0 Å². The molecule has 5 nitrogen and oxygen atoms in total. The molecule has 1 heterocycles. The Morgan fingerprint density at radius 1 is 1.50 bits per heavy atom. The molecular weight excluding hydrogens is 130 g/mol. The van der Waals surface area contributed by atoms with E-state index in [1.807, 2.05) is 0 Å². The summed E-state index contributed by atoms with van der Waals surface area (Å²) in [5.41, 5.74) is 10.9. The van der Waals surface area contributed by atoms with Crippen molar-refractivity contribution >= 4 is 17.5 Å². The van der Waals surface area contributed by atoms with Crippen LogP contribution in [0.4, 0.5) is 17.5 Å². The van der Waals surface area contributed by atoms with Gasteiger partial charge in [-0.3, -0.25) is 0 Å². The minimum absolute atomic E-state index is 0.0201. The van der Waals surface area contributed by atoms with Crippen molar-refractivity contribution in [1.29, 1.82) is 0 Å². The maximum absolute atomic E-state index is 6.51. The summed E-state index contributed by atoms with van der Waals surface area (Å²) in [7, 11) is 0. The number of nitrogen functional groups attached to an aromatic ring is 2. The lowest BCUT2D eigenvalue weighted by Crippen LogP contribution is -1.97. The third-order valence-corrected chi connectivity index (χ3v) is 0.935. The molecule has 1 rings (SSSR count). The average Bonchev–Trinajstić information content (AvgIpc) is 1.95. The van der Waals surface area contributed by atoms with Gasteiger partial charge >= 0.3 is 5.95 Å². The first-order chi connectivity index (χ1) is 4.74. The monoisotopic (exact) mass is 135 g/mol. The summed E-state index contributed by atoms with van der Waals surface area (Å²) in [6.07, 6.45) is 1.32. The van der Waals surface area contributed by atoms with E-state index in [9.17, 15) is 0 Å². The molecule has 0 aliphatic rings. The molecule has 4 N–H and O–H groups in total. The van der Waals surface area contributed by atoms with Crippen LogP contribution >= 0.6 is 0 Å². The third-order valence-electron chi connectivity index (χ3n) is 0.935. The van der Waals surface area contributed by atoms with Crippen molar-refractivity contribution in [3.63, 3.8) is 0 Å². The molecule has 0 saturated carbocycles. The smallest absolute Gasteiger partial charge is 0.373 e. The summed E-state index contributed by atoms with van der Waals surface area (Å²) in [6, 6.07) is 0. The second-order valence-corrected chi connectivity index (χ2v) is 1.62. The highest BCUT2D eigenvalue weighted by atomic mass is 15.1. The Hall–Kier alpha value is -1.83. The van der Waals surface area contributed by atoms with E-state index >= 15 is 0 Å². The zero-order chi connectivity index (χ0) is 7.56. The lowest BCUT2D eigenvalue weighted by atomic mass is 10.5. The fourth-order valence-electron chi connectivity index (χ4n) is 0.448. The van der Waals surface area contributed by atoms with Gasteiger partial charge in [0.05, 0.1) is 0 Å². The van der Waals surface area contributed by atoms with Crippen LogP contribution in [-0.2, 0) is 0 Å². The second kappa shape index (κ2) is 2.19. The van der Waals surface area contributed by atoms with Crippen LogP contribution < -0.4 is 11.5 Å². The molecule has 10 heavy (non-hydrogen) atoms. The Morgan fingerprint density at radius 3 is 2.70 bits per heavy atom. The lowest BCUT2D eigenvalue weighted by Gasteiger charge is -1.91. The first-order valence-electron chi connectivity index (χ1n) is 2.49. The SMILES string of the molecule is [C-]#[N+]c1ncc(N)c(N)n1. The number of aromatic nitrogens is 2. The molecule has 0 aliphatic heterocycles. The molecule has 0 bridgehead atoms. The fraction of sp³-hybridized carbons (Fsp3) is 0. The van der Waals surface area contributed by atoms with Gasteiger partial charge in [0.25, 0.3) is 0 Å². The van der Waals surface area contributed by atoms with E-state index in [2.05, 4.69) is 14.8 Å². The predicted molar refractivity (Wildman–Crippen MR) is 37.1 cm³/mol. The van der Waals surface area contributed by atoms with Gasteiger partial charge in [-0.05, 0) is 0 Å². The van der Waals surface area contributed by atoms with E-state index in [4.69, 9.17) is 18.0 Å². The van der Waals surface area contributed by atoms with Gasteiger partial charge in [-0.1, -0.05) is 0 Å². The molecule has 1 aromatic rings. The van der Waals surface area contributed by atoms with Gasteiger partial charge in [-0.15, -0.1) is 11.6 Å². The summed E-state index contributed by atoms with van der Waals surface area (Å²) in [5.74, 6) is 0.174. The van der Waals surface area contributed by atoms with Crippen molar-refractivity contribution in [3.8, 4) is 0 Å². The Kier molecular flexibility index (Phi) is 1.38.